The van der Waals surface area contributed by atoms with Crippen LogP contribution in [0.25, 0.3) is 0 Å². The van der Waals surface area contributed by atoms with E-state index in [9.17, 15) is 4.39 Å². The molecular weight excluding hydrogens is 327 g/mol. The number of benzene rings is 1. The average molecular weight is 347 g/mol. The van der Waals surface area contributed by atoms with Gasteiger partial charge in [-0.3, -0.25) is 0 Å². The number of hydrogen-bond acceptors (Lipinski definition) is 2. The third-order valence-electron chi connectivity index (χ3n) is 3.47. The zero-order valence-corrected chi connectivity index (χ0v) is 14.2. The van der Waals surface area contributed by atoms with Crippen LogP contribution in [-0.4, -0.2) is 22.7 Å². The number of rotatable bonds is 5. The fourth-order valence-corrected chi connectivity index (χ4v) is 3.99. The lowest BCUT2D eigenvalue weighted by Crippen LogP contribution is -2.30. The molecule has 1 aliphatic rings. The molecule has 1 fully saturated rings. The summed E-state index contributed by atoms with van der Waals surface area (Å²) in [5, 5.41) is 7.63. The minimum absolute atomic E-state index is 0.0932. The molecule has 116 valence electrons. The van der Waals surface area contributed by atoms with Gasteiger partial charge in [-0.2, -0.15) is 11.8 Å². The topological polar surface area (TPSA) is 24.1 Å². The van der Waals surface area contributed by atoms with E-state index in [-0.39, 0.29) is 5.02 Å². The lowest BCUT2D eigenvalue weighted by atomic mass is 10.0. The summed E-state index contributed by atoms with van der Waals surface area (Å²) in [6.45, 7) is 0.835. The molecule has 1 aromatic carbocycles. The smallest absolute Gasteiger partial charge is 0.170 e. The van der Waals surface area contributed by atoms with Crippen molar-refractivity contribution in [2.24, 2.45) is 0 Å². The molecule has 0 aromatic heterocycles. The monoisotopic (exact) mass is 346 g/mol. The van der Waals surface area contributed by atoms with Crippen molar-refractivity contribution < 1.29 is 4.39 Å². The van der Waals surface area contributed by atoms with Gasteiger partial charge in [-0.15, -0.1) is 0 Å². The highest BCUT2D eigenvalue weighted by molar-refractivity contribution is 7.99. The Kier molecular flexibility index (Phi) is 7.07. The van der Waals surface area contributed by atoms with Crippen molar-refractivity contribution in [1.82, 2.24) is 5.32 Å². The Morgan fingerprint density at radius 1 is 1.33 bits per heavy atom. The summed E-state index contributed by atoms with van der Waals surface area (Å²) in [4.78, 5) is 0. The first-order valence-corrected chi connectivity index (χ1v) is 9.10. The van der Waals surface area contributed by atoms with Crippen molar-refractivity contribution in [2.75, 3.05) is 17.6 Å². The van der Waals surface area contributed by atoms with Gasteiger partial charge in [0.1, 0.15) is 5.82 Å². The molecule has 0 spiro atoms. The van der Waals surface area contributed by atoms with Crippen molar-refractivity contribution in [2.45, 2.75) is 37.4 Å². The SMILES string of the molecule is Fc1ccc(NC(=S)NCCSC2CCCCC2)cc1Cl. The van der Waals surface area contributed by atoms with Crippen molar-refractivity contribution >= 4 is 46.4 Å². The second-order valence-corrected chi connectivity index (χ2v) is 7.36. The molecule has 0 amide bonds. The zero-order chi connectivity index (χ0) is 15.1. The highest BCUT2D eigenvalue weighted by Crippen LogP contribution is 2.27. The highest BCUT2D eigenvalue weighted by Gasteiger charge is 2.13. The molecule has 1 aromatic rings. The Balaban J connectivity index is 1.63. The van der Waals surface area contributed by atoms with Gasteiger partial charge in [-0.25, -0.2) is 4.39 Å². The van der Waals surface area contributed by atoms with Crippen LogP contribution in [0.1, 0.15) is 32.1 Å². The Morgan fingerprint density at radius 3 is 2.81 bits per heavy atom. The van der Waals surface area contributed by atoms with Crippen molar-refractivity contribution in [3.63, 3.8) is 0 Å². The molecule has 0 bridgehead atoms. The van der Waals surface area contributed by atoms with Crippen LogP contribution >= 0.6 is 35.6 Å². The fourth-order valence-electron chi connectivity index (χ4n) is 2.37. The lowest BCUT2D eigenvalue weighted by Gasteiger charge is -2.21. The standard InChI is InChI=1S/C15H20ClFN2S2/c16-13-10-11(6-7-14(13)17)19-15(20)18-8-9-21-12-4-2-1-3-5-12/h6-7,10,12H,1-5,8-9H2,(H2,18,19,20). The quantitative estimate of drug-likeness (QED) is 0.589. The van der Waals surface area contributed by atoms with E-state index in [1.165, 1.54) is 44.2 Å². The molecule has 0 unspecified atom stereocenters. The minimum Gasteiger partial charge on any atom is -0.362 e. The molecule has 0 heterocycles. The van der Waals surface area contributed by atoms with Crippen LogP contribution < -0.4 is 10.6 Å². The van der Waals surface area contributed by atoms with E-state index >= 15 is 0 Å². The molecule has 2 nitrogen and oxygen atoms in total. The summed E-state index contributed by atoms with van der Waals surface area (Å²) in [5.41, 5.74) is 0.693. The summed E-state index contributed by atoms with van der Waals surface area (Å²) >= 11 is 13.0. The van der Waals surface area contributed by atoms with Crippen molar-refractivity contribution in [3.8, 4) is 0 Å². The van der Waals surface area contributed by atoms with Crippen LogP contribution in [0, 0.1) is 5.82 Å². The maximum Gasteiger partial charge on any atom is 0.170 e. The molecule has 0 radical (unpaired) electrons. The van der Waals surface area contributed by atoms with Gasteiger partial charge >= 0.3 is 0 Å². The molecule has 6 heteroatoms. The van der Waals surface area contributed by atoms with E-state index in [0.29, 0.717) is 10.8 Å². The summed E-state index contributed by atoms with van der Waals surface area (Å²) in [7, 11) is 0. The van der Waals surface area contributed by atoms with Crippen LogP contribution in [0.2, 0.25) is 5.02 Å². The summed E-state index contributed by atoms with van der Waals surface area (Å²) in [6, 6.07) is 4.47. The molecule has 2 rings (SSSR count). The average Bonchev–Trinajstić information content (AvgIpc) is 2.49. The number of halogens is 2. The van der Waals surface area contributed by atoms with Crippen molar-refractivity contribution in [3.05, 3.63) is 29.0 Å². The van der Waals surface area contributed by atoms with E-state index in [1.807, 2.05) is 11.8 Å². The van der Waals surface area contributed by atoms with Gasteiger partial charge in [0.15, 0.2) is 5.11 Å². The summed E-state index contributed by atoms with van der Waals surface area (Å²) in [5.74, 6) is 0.626. The largest absolute Gasteiger partial charge is 0.362 e. The van der Waals surface area contributed by atoms with Crippen LogP contribution in [0.15, 0.2) is 18.2 Å². The van der Waals surface area contributed by atoms with E-state index < -0.39 is 5.82 Å². The third kappa shape index (κ3) is 6.01. The molecule has 0 aliphatic heterocycles. The van der Waals surface area contributed by atoms with Gasteiger partial charge in [0.25, 0.3) is 0 Å². The van der Waals surface area contributed by atoms with E-state index in [2.05, 4.69) is 10.6 Å². The summed E-state index contributed by atoms with van der Waals surface area (Å²) < 4.78 is 13.1. The Bertz CT molecular complexity index is 479. The number of hydrogen-bond donors (Lipinski definition) is 2. The van der Waals surface area contributed by atoms with E-state index in [4.69, 9.17) is 23.8 Å². The first-order chi connectivity index (χ1) is 10.1. The third-order valence-corrected chi connectivity index (χ3v) is 5.39. The van der Waals surface area contributed by atoms with E-state index in [1.54, 1.807) is 6.07 Å². The predicted octanol–water partition coefficient (Wildman–Crippen LogP) is 4.83. The maximum absolute atomic E-state index is 13.1. The van der Waals surface area contributed by atoms with Gasteiger partial charge in [-0.1, -0.05) is 30.9 Å². The van der Waals surface area contributed by atoms with E-state index in [0.717, 1.165) is 17.5 Å². The molecule has 21 heavy (non-hydrogen) atoms. The second-order valence-electron chi connectivity index (χ2n) is 5.14. The molecule has 1 saturated carbocycles. The maximum atomic E-state index is 13.1. The number of thiocarbonyl (C=S) groups is 1. The Labute approximate surface area is 140 Å². The predicted molar refractivity (Wildman–Crippen MR) is 95.0 cm³/mol. The Hall–Kier alpha value is -0.520. The van der Waals surface area contributed by atoms with Gasteiger partial charge < -0.3 is 10.6 Å². The van der Waals surface area contributed by atoms with Gasteiger partial charge in [0.2, 0.25) is 0 Å². The van der Waals surface area contributed by atoms with Gasteiger partial charge in [0, 0.05) is 23.2 Å². The lowest BCUT2D eigenvalue weighted by molar-refractivity contribution is 0.516. The molecule has 1 aliphatic carbocycles. The van der Waals surface area contributed by atoms with Crippen molar-refractivity contribution in [1.29, 1.82) is 0 Å². The highest BCUT2D eigenvalue weighted by atomic mass is 35.5. The second kappa shape index (κ2) is 8.81. The minimum atomic E-state index is -0.426. The molecule has 0 saturated heterocycles. The van der Waals surface area contributed by atoms with Crippen LogP contribution in [0.5, 0.6) is 0 Å². The van der Waals surface area contributed by atoms with Crippen LogP contribution in [0.3, 0.4) is 0 Å². The summed E-state index contributed by atoms with van der Waals surface area (Å²) in [6.07, 6.45) is 6.83. The first-order valence-electron chi connectivity index (χ1n) is 7.26. The normalized spacial score (nSPS) is 15.7. The van der Waals surface area contributed by atoms with Crippen LogP contribution in [0.4, 0.5) is 10.1 Å². The van der Waals surface area contributed by atoms with Gasteiger partial charge in [0.05, 0.1) is 5.02 Å². The van der Waals surface area contributed by atoms with Gasteiger partial charge in [-0.05, 0) is 43.3 Å². The number of nitrogens with one attached hydrogen (secondary N) is 2. The first kappa shape index (κ1) is 16.8. The number of anilines is 1. The van der Waals surface area contributed by atoms with Crippen LogP contribution in [-0.2, 0) is 0 Å². The number of thioether (sulfide) groups is 1. The molecular formula is C15H20ClFN2S2. The Morgan fingerprint density at radius 2 is 2.10 bits per heavy atom. The molecule has 2 N–H and O–H groups in total. The zero-order valence-electron chi connectivity index (χ0n) is 11.8. The molecule has 0 atom stereocenters. The fraction of sp³-hybridized carbons (Fsp3) is 0.533.